The molecular weight excluding hydrogens is 437 g/mol. The van der Waals surface area contributed by atoms with Crippen molar-refractivity contribution >= 4 is 35.6 Å². The molecule has 142 valence electrons. The van der Waals surface area contributed by atoms with Crippen molar-refractivity contribution in [2.75, 3.05) is 25.5 Å². The second kappa shape index (κ2) is 12.5. The highest BCUT2D eigenvalue weighted by molar-refractivity contribution is 14.0. The van der Waals surface area contributed by atoms with Crippen LogP contribution in [0.5, 0.6) is 0 Å². The summed E-state index contributed by atoms with van der Waals surface area (Å²) in [4.78, 5) is 8.64. The minimum atomic E-state index is 0. The van der Waals surface area contributed by atoms with E-state index in [4.69, 9.17) is 0 Å². The van der Waals surface area contributed by atoms with Gasteiger partial charge in [0.15, 0.2) is 5.96 Å². The highest BCUT2D eigenvalue weighted by Gasteiger charge is 2.13. The summed E-state index contributed by atoms with van der Waals surface area (Å²) < 4.78 is 0. The Bertz CT molecular complexity index is 631. The molecule has 0 amide bonds. The summed E-state index contributed by atoms with van der Waals surface area (Å²) in [7, 11) is 1.80. The molecule has 0 aliphatic heterocycles. The van der Waals surface area contributed by atoms with Crippen LogP contribution in [0.4, 0.5) is 5.69 Å². The second-order valence-electron chi connectivity index (χ2n) is 6.31. The molecule has 0 bridgehead atoms. The van der Waals surface area contributed by atoms with Gasteiger partial charge in [-0.1, -0.05) is 38.1 Å². The summed E-state index contributed by atoms with van der Waals surface area (Å²) in [5.74, 6) is 1.32. The van der Waals surface area contributed by atoms with E-state index in [1.165, 1.54) is 0 Å². The lowest BCUT2D eigenvalue weighted by atomic mass is 10.0. The van der Waals surface area contributed by atoms with E-state index >= 15 is 0 Å². The quantitative estimate of drug-likeness (QED) is 0.316. The van der Waals surface area contributed by atoms with Crippen molar-refractivity contribution in [1.82, 2.24) is 15.6 Å². The van der Waals surface area contributed by atoms with E-state index in [1.54, 1.807) is 7.05 Å². The van der Waals surface area contributed by atoms with Gasteiger partial charge in [0.25, 0.3) is 0 Å². The van der Waals surface area contributed by atoms with Crippen molar-refractivity contribution in [2.24, 2.45) is 10.9 Å². The zero-order chi connectivity index (χ0) is 17.9. The van der Waals surface area contributed by atoms with Gasteiger partial charge in [0.2, 0.25) is 0 Å². The Hall–Kier alpha value is -1.83. The highest BCUT2D eigenvalue weighted by atomic mass is 127. The fraction of sp³-hybridized carbons (Fsp3) is 0.400. The summed E-state index contributed by atoms with van der Waals surface area (Å²) in [6, 6.07) is 16.6. The van der Waals surface area contributed by atoms with E-state index in [0.29, 0.717) is 12.0 Å². The van der Waals surface area contributed by atoms with Gasteiger partial charge in [-0.25, -0.2) is 0 Å². The number of guanidine groups is 1. The number of anilines is 1. The van der Waals surface area contributed by atoms with Gasteiger partial charge in [-0.05, 0) is 30.2 Å². The number of nitrogens with zero attached hydrogens (tertiary/aromatic N) is 2. The molecule has 2 aromatic rings. The van der Waals surface area contributed by atoms with Gasteiger partial charge in [0.05, 0.1) is 0 Å². The summed E-state index contributed by atoms with van der Waals surface area (Å²) in [6.07, 6.45) is 2.70. The molecule has 3 N–H and O–H groups in total. The number of benzene rings is 1. The number of aliphatic imine (C=N–C) groups is 1. The maximum atomic E-state index is 4.34. The predicted octanol–water partition coefficient (Wildman–Crippen LogP) is 3.54. The first kappa shape index (κ1) is 22.2. The lowest BCUT2D eigenvalue weighted by Crippen LogP contribution is -2.45. The summed E-state index contributed by atoms with van der Waals surface area (Å²) in [5, 5.41) is 10.3. The van der Waals surface area contributed by atoms with Crippen LogP contribution in [0.2, 0.25) is 0 Å². The lowest BCUT2D eigenvalue weighted by molar-refractivity contribution is 0.512. The normalized spacial score (nSPS) is 12.2. The number of hydrogen-bond acceptors (Lipinski definition) is 3. The molecule has 26 heavy (non-hydrogen) atoms. The second-order valence-corrected chi connectivity index (χ2v) is 6.31. The van der Waals surface area contributed by atoms with E-state index in [9.17, 15) is 0 Å². The summed E-state index contributed by atoms with van der Waals surface area (Å²) in [5.41, 5.74) is 2.22. The molecule has 6 heteroatoms. The number of pyridine rings is 1. The smallest absolute Gasteiger partial charge is 0.191 e. The van der Waals surface area contributed by atoms with Gasteiger partial charge < -0.3 is 16.0 Å². The third-order valence-corrected chi connectivity index (χ3v) is 4.04. The number of halogens is 1. The van der Waals surface area contributed by atoms with Crippen LogP contribution in [0, 0.1) is 5.92 Å². The van der Waals surface area contributed by atoms with Crippen molar-refractivity contribution in [1.29, 1.82) is 0 Å². The van der Waals surface area contributed by atoms with Crippen molar-refractivity contribution in [3.63, 3.8) is 0 Å². The maximum absolute atomic E-state index is 4.34. The van der Waals surface area contributed by atoms with E-state index in [-0.39, 0.29) is 24.0 Å². The minimum Gasteiger partial charge on any atom is -0.380 e. The topological polar surface area (TPSA) is 61.3 Å². The SMILES string of the molecule is CN=C(NCCc1ccccn1)NCC(Nc1ccccc1)C(C)C.I. The summed E-state index contributed by atoms with van der Waals surface area (Å²) >= 11 is 0. The van der Waals surface area contributed by atoms with Gasteiger partial charge in [0.1, 0.15) is 0 Å². The Morgan fingerprint density at radius 3 is 2.38 bits per heavy atom. The maximum Gasteiger partial charge on any atom is 0.191 e. The Morgan fingerprint density at radius 2 is 1.77 bits per heavy atom. The zero-order valence-electron chi connectivity index (χ0n) is 15.8. The Labute approximate surface area is 174 Å². The van der Waals surface area contributed by atoms with Crippen LogP contribution >= 0.6 is 24.0 Å². The van der Waals surface area contributed by atoms with E-state index < -0.39 is 0 Å². The molecule has 0 saturated heterocycles. The number of aromatic nitrogens is 1. The fourth-order valence-corrected chi connectivity index (χ4v) is 2.48. The van der Waals surface area contributed by atoms with E-state index in [2.05, 4.69) is 51.9 Å². The Balaban J connectivity index is 0.00000338. The molecule has 0 saturated carbocycles. The zero-order valence-corrected chi connectivity index (χ0v) is 18.1. The van der Waals surface area contributed by atoms with E-state index in [0.717, 1.165) is 36.9 Å². The van der Waals surface area contributed by atoms with Crippen LogP contribution in [0.25, 0.3) is 0 Å². The van der Waals surface area contributed by atoms with Gasteiger partial charge in [-0.3, -0.25) is 9.98 Å². The number of rotatable bonds is 8. The van der Waals surface area contributed by atoms with Crippen molar-refractivity contribution in [3.8, 4) is 0 Å². The third kappa shape index (κ3) is 8.03. The minimum absolute atomic E-state index is 0. The Morgan fingerprint density at radius 1 is 1.04 bits per heavy atom. The van der Waals surface area contributed by atoms with E-state index in [1.807, 2.05) is 42.6 Å². The number of para-hydroxylation sites is 1. The molecule has 1 aromatic heterocycles. The molecule has 0 radical (unpaired) electrons. The first-order chi connectivity index (χ1) is 12.2. The predicted molar refractivity (Wildman–Crippen MR) is 121 cm³/mol. The molecule has 1 aromatic carbocycles. The standard InChI is InChI=1S/C20H29N5.HI/c1-16(2)19(25-18-10-5-4-6-11-18)15-24-20(21-3)23-14-12-17-9-7-8-13-22-17;/h4-11,13,16,19,25H,12,14-15H2,1-3H3,(H2,21,23,24);1H. The molecule has 0 spiro atoms. The van der Waals surface area contributed by atoms with Crippen LogP contribution in [0.1, 0.15) is 19.5 Å². The monoisotopic (exact) mass is 467 g/mol. The lowest BCUT2D eigenvalue weighted by Gasteiger charge is -2.25. The Kier molecular flexibility index (Phi) is 10.7. The molecule has 2 rings (SSSR count). The fourth-order valence-electron chi connectivity index (χ4n) is 2.48. The first-order valence-corrected chi connectivity index (χ1v) is 8.85. The van der Waals surface area contributed by atoms with Gasteiger partial charge >= 0.3 is 0 Å². The molecule has 5 nitrogen and oxygen atoms in total. The van der Waals surface area contributed by atoms with Crippen LogP contribution in [-0.2, 0) is 6.42 Å². The summed E-state index contributed by atoms with van der Waals surface area (Å²) in [6.45, 7) is 6.05. The molecule has 0 fully saturated rings. The molecule has 1 heterocycles. The van der Waals surface area contributed by atoms with Crippen LogP contribution < -0.4 is 16.0 Å². The van der Waals surface area contributed by atoms with Crippen LogP contribution in [0.3, 0.4) is 0 Å². The number of nitrogens with one attached hydrogen (secondary N) is 3. The van der Waals surface area contributed by atoms with Crippen molar-refractivity contribution in [3.05, 3.63) is 60.4 Å². The highest BCUT2D eigenvalue weighted by Crippen LogP contribution is 2.11. The largest absolute Gasteiger partial charge is 0.380 e. The molecular formula is C20H30IN5. The number of hydrogen-bond donors (Lipinski definition) is 3. The van der Waals surface area contributed by atoms with Gasteiger partial charge in [-0.15, -0.1) is 24.0 Å². The first-order valence-electron chi connectivity index (χ1n) is 8.85. The molecule has 1 unspecified atom stereocenters. The van der Waals surface area contributed by atoms with Gasteiger partial charge in [-0.2, -0.15) is 0 Å². The molecule has 1 atom stereocenters. The molecule has 0 aliphatic rings. The van der Waals surface area contributed by atoms with Crippen LogP contribution in [-0.4, -0.2) is 37.1 Å². The molecule has 0 aliphatic carbocycles. The van der Waals surface area contributed by atoms with Crippen LogP contribution in [0.15, 0.2) is 59.7 Å². The van der Waals surface area contributed by atoms with Crippen molar-refractivity contribution in [2.45, 2.75) is 26.3 Å². The van der Waals surface area contributed by atoms with Crippen molar-refractivity contribution < 1.29 is 0 Å². The average Bonchev–Trinajstić information content (AvgIpc) is 2.65. The average molecular weight is 467 g/mol. The third-order valence-electron chi connectivity index (χ3n) is 4.04. The van der Waals surface area contributed by atoms with Gasteiger partial charge in [0, 0.05) is 50.2 Å².